The van der Waals surface area contributed by atoms with Gasteiger partial charge in [-0.3, -0.25) is 14.5 Å². The van der Waals surface area contributed by atoms with Crippen molar-refractivity contribution in [3.8, 4) is 5.75 Å². The van der Waals surface area contributed by atoms with Gasteiger partial charge in [-0.1, -0.05) is 54.2 Å². The van der Waals surface area contributed by atoms with E-state index < -0.39 is 0 Å². The molecule has 3 aromatic rings. The van der Waals surface area contributed by atoms with Gasteiger partial charge in [-0.25, -0.2) is 0 Å². The molecule has 0 atom stereocenters. The number of anilines is 1. The first-order valence-corrected chi connectivity index (χ1v) is 12.8. The lowest BCUT2D eigenvalue weighted by Gasteiger charge is -2.35. The quantitative estimate of drug-likeness (QED) is 0.474. The number of hydrogen-bond acceptors (Lipinski definition) is 5. The molecule has 0 unspecified atom stereocenters. The van der Waals surface area contributed by atoms with Crippen LogP contribution in [-0.4, -0.2) is 62.0 Å². The fourth-order valence-electron chi connectivity index (χ4n) is 4.54. The molecule has 2 aliphatic heterocycles. The third-order valence-electron chi connectivity index (χ3n) is 6.60. The number of benzene rings is 3. The number of thioether (sulfide) groups is 1. The largest absolute Gasteiger partial charge is 0.497 e. The Labute approximate surface area is 216 Å². The molecule has 0 aromatic heterocycles. The van der Waals surface area contributed by atoms with Gasteiger partial charge in [-0.05, 0) is 47.5 Å². The van der Waals surface area contributed by atoms with E-state index in [1.165, 1.54) is 17.3 Å². The zero-order valence-electron chi connectivity index (χ0n) is 20.5. The highest BCUT2D eigenvalue weighted by molar-refractivity contribution is 8.04. The lowest BCUT2D eigenvalue weighted by Crippen LogP contribution is -2.48. The molecule has 2 aliphatic rings. The standard InChI is InChI=1S/C29H29N3O3S/c1-30-25-19-23(28(33)32-15-13-31(14-16-32)20-21-7-4-3-5-8-21)11-12-26(25)36-27(29(30)34)18-22-9-6-10-24(17-22)35-2/h3-12,17-19H,13-16,20H2,1-2H3/b27-18-. The van der Waals surface area contributed by atoms with Gasteiger partial charge in [0.05, 0.1) is 17.7 Å². The Balaban J connectivity index is 1.27. The maximum atomic E-state index is 13.3. The van der Waals surface area contributed by atoms with E-state index in [0.717, 1.165) is 41.5 Å². The Kier molecular flexibility index (Phi) is 7.11. The van der Waals surface area contributed by atoms with Crippen molar-refractivity contribution in [2.24, 2.45) is 0 Å². The lowest BCUT2D eigenvalue weighted by molar-refractivity contribution is -0.114. The van der Waals surface area contributed by atoms with E-state index in [0.29, 0.717) is 23.6 Å². The number of methoxy groups -OCH3 is 1. The molecule has 0 radical (unpaired) electrons. The summed E-state index contributed by atoms with van der Waals surface area (Å²) in [4.78, 5) is 33.9. The SMILES string of the molecule is COc1cccc(/C=C2\Sc3ccc(C(=O)N4CCN(Cc5ccccc5)CC4)cc3N(C)C2=O)c1. The minimum Gasteiger partial charge on any atom is -0.497 e. The van der Waals surface area contributed by atoms with Crippen LogP contribution in [0.2, 0.25) is 0 Å². The van der Waals surface area contributed by atoms with Crippen molar-refractivity contribution < 1.29 is 14.3 Å². The number of piperazine rings is 1. The Hall–Kier alpha value is -3.55. The monoisotopic (exact) mass is 499 g/mol. The summed E-state index contributed by atoms with van der Waals surface area (Å²) in [5, 5.41) is 0. The Morgan fingerprint density at radius 1 is 0.972 bits per heavy atom. The van der Waals surface area contributed by atoms with Gasteiger partial charge in [-0.2, -0.15) is 0 Å². The first kappa shape index (κ1) is 24.2. The van der Waals surface area contributed by atoms with Crippen LogP contribution in [0.5, 0.6) is 5.75 Å². The molecule has 0 aliphatic carbocycles. The van der Waals surface area contributed by atoms with Crippen LogP contribution < -0.4 is 9.64 Å². The molecule has 3 aromatic carbocycles. The molecule has 0 saturated carbocycles. The van der Waals surface area contributed by atoms with Crippen molar-refractivity contribution in [3.05, 3.63) is 94.4 Å². The van der Waals surface area contributed by atoms with Gasteiger partial charge in [0.25, 0.3) is 11.8 Å². The smallest absolute Gasteiger partial charge is 0.264 e. The highest BCUT2D eigenvalue weighted by Gasteiger charge is 2.29. The number of nitrogens with zero attached hydrogens (tertiary/aromatic N) is 3. The number of carbonyl (C=O) groups is 2. The summed E-state index contributed by atoms with van der Waals surface area (Å²) in [5.41, 5.74) is 3.57. The van der Waals surface area contributed by atoms with Crippen LogP contribution in [0.1, 0.15) is 21.5 Å². The molecule has 2 heterocycles. The van der Waals surface area contributed by atoms with E-state index in [1.54, 1.807) is 19.1 Å². The first-order chi connectivity index (χ1) is 17.5. The number of fused-ring (bicyclic) bond motifs is 1. The number of ether oxygens (including phenoxy) is 1. The molecule has 1 saturated heterocycles. The second-order valence-electron chi connectivity index (χ2n) is 8.99. The average molecular weight is 500 g/mol. The maximum Gasteiger partial charge on any atom is 0.264 e. The van der Waals surface area contributed by atoms with Gasteiger partial charge in [-0.15, -0.1) is 0 Å². The van der Waals surface area contributed by atoms with Crippen LogP contribution in [0.25, 0.3) is 6.08 Å². The highest BCUT2D eigenvalue weighted by Crippen LogP contribution is 2.42. The summed E-state index contributed by atoms with van der Waals surface area (Å²) < 4.78 is 5.30. The van der Waals surface area contributed by atoms with Crippen molar-refractivity contribution in [1.82, 2.24) is 9.80 Å². The van der Waals surface area contributed by atoms with Crippen LogP contribution in [0, 0.1) is 0 Å². The first-order valence-electron chi connectivity index (χ1n) is 12.0. The summed E-state index contributed by atoms with van der Waals surface area (Å²) in [5.74, 6) is 0.672. The van der Waals surface area contributed by atoms with Gasteiger partial charge in [0.2, 0.25) is 0 Å². The molecule has 6 nitrogen and oxygen atoms in total. The lowest BCUT2D eigenvalue weighted by atomic mass is 10.1. The molecule has 1 fully saturated rings. The summed E-state index contributed by atoms with van der Waals surface area (Å²) >= 11 is 1.43. The molecule has 0 N–H and O–H groups in total. The molecular weight excluding hydrogens is 470 g/mol. The summed E-state index contributed by atoms with van der Waals surface area (Å²) in [6.45, 7) is 3.98. The van der Waals surface area contributed by atoms with Crippen LogP contribution in [0.4, 0.5) is 5.69 Å². The van der Waals surface area contributed by atoms with E-state index in [9.17, 15) is 9.59 Å². The summed E-state index contributed by atoms with van der Waals surface area (Å²) in [7, 11) is 3.39. The van der Waals surface area contributed by atoms with Crippen LogP contribution >= 0.6 is 11.8 Å². The molecule has 5 rings (SSSR count). The third kappa shape index (κ3) is 5.17. The Morgan fingerprint density at radius 3 is 2.50 bits per heavy atom. The molecule has 184 valence electrons. The van der Waals surface area contributed by atoms with Crippen molar-refractivity contribution in [1.29, 1.82) is 0 Å². The zero-order chi connectivity index (χ0) is 25.1. The minimum atomic E-state index is -0.0885. The second-order valence-corrected chi connectivity index (χ2v) is 10.1. The van der Waals surface area contributed by atoms with Crippen molar-refractivity contribution in [2.75, 3.05) is 45.2 Å². The highest BCUT2D eigenvalue weighted by atomic mass is 32.2. The maximum absolute atomic E-state index is 13.3. The number of rotatable bonds is 5. The fourth-order valence-corrected chi connectivity index (χ4v) is 5.64. The molecule has 0 bridgehead atoms. The van der Waals surface area contributed by atoms with Gasteiger partial charge >= 0.3 is 0 Å². The molecular formula is C29H29N3O3S. The third-order valence-corrected chi connectivity index (χ3v) is 7.68. The normalized spacial score (nSPS) is 17.3. The molecule has 36 heavy (non-hydrogen) atoms. The zero-order valence-corrected chi connectivity index (χ0v) is 21.3. The number of likely N-dealkylation sites (N-methyl/N-ethyl adjacent to an activating group) is 1. The van der Waals surface area contributed by atoms with E-state index in [2.05, 4.69) is 29.2 Å². The van der Waals surface area contributed by atoms with Crippen molar-refractivity contribution in [2.45, 2.75) is 11.4 Å². The Bertz CT molecular complexity index is 1300. The van der Waals surface area contributed by atoms with Gasteiger partial charge in [0.15, 0.2) is 0 Å². The molecule has 0 spiro atoms. The van der Waals surface area contributed by atoms with Crippen LogP contribution in [0.3, 0.4) is 0 Å². The van der Waals surface area contributed by atoms with E-state index in [4.69, 9.17) is 4.74 Å². The predicted octanol–water partition coefficient (Wildman–Crippen LogP) is 4.76. The number of carbonyl (C=O) groups excluding carboxylic acids is 2. The van der Waals surface area contributed by atoms with E-state index >= 15 is 0 Å². The fraction of sp³-hybridized carbons (Fsp3) is 0.241. The minimum absolute atomic E-state index is 0.0146. The summed E-state index contributed by atoms with van der Waals surface area (Å²) in [6.07, 6.45) is 1.88. The van der Waals surface area contributed by atoms with E-state index in [1.807, 2.05) is 59.5 Å². The van der Waals surface area contributed by atoms with Crippen molar-refractivity contribution >= 4 is 35.3 Å². The molecule has 2 amide bonds. The number of amides is 2. The van der Waals surface area contributed by atoms with Crippen molar-refractivity contribution in [3.63, 3.8) is 0 Å². The van der Waals surface area contributed by atoms with Gasteiger partial charge in [0.1, 0.15) is 5.75 Å². The summed E-state index contributed by atoms with van der Waals surface area (Å²) in [6, 6.07) is 23.7. The topological polar surface area (TPSA) is 53.1 Å². The predicted molar refractivity (Wildman–Crippen MR) is 144 cm³/mol. The van der Waals surface area contributed by atoms with Crippen LogP contribution in [0.15, 0.2) is 82.6 Å². The Morgan fingerprint density at radius 2 is 1.75 bits per heavy atom. The van der Waals surface area contributed by atoms with E-state index in [-0.39, 0.29) is 11.8 Å². The number of hydrogen-bond donors (Lipinski definition) is 0. The second kappa shape index (κ2) is 10.6. The average Bonchev–Trinajstić information content (AvgIpc) is 2.92. The van der Waals surface area contributed by atoms with Gasteiger partial charge in [0, 0.05) is 50.2 Å². The van der Waals surface area contributed by atoms with Crippen LogP contribution in [-0.2, 0) is 11.3 Å². The van der Waals surface area contributed by atoms with Gasteiger partial charge < -0.3 is 14.5 Å². The molecule has 7 heteroatoms.